The Bertz CT molecular complexity index is 529. The molecule has 2 nitrogen and oxygen atoms in total. The second-order valence-corrected chi connectivity index (χ2v) is 5.37. The zero-order valence-corrected chi connectivity index (χ0v) is 12.0. The average Bonchev–Trinajstić information content (AvgIpc) is 2.52. The third-order valence-corrected chi connectivity index (χ3v) is 3.92. The summed E-state index contributed by atoms with van der Waals surface area (Å²) in [5, 5.41) is 0. The molecule has 0 amide bonds. The molecule has 1 heterocycles. The molecule has 1 saturated heterocycles. The van der Waals surface area contributed by atoms with Gasteiger partial charge in [-0.05, 0) is 18.1 Å². The van der Waals surface area contributed by atoms with Gasteiger partial charge in [-0.1, -0.05) is 60.2 Å². The summed E-state index contributed by atoms with van der Waals surface area (Å²) in [5.41, 5.74) is 4.03. The van der Waals surface area contributed by atoms with Crippen molar-refractivity contribution in [1.82, 2.24) is 4.90 Å². The van der Waals surface area contributed by atoms with Gasteiger partial charge >= 0.3 is 0 Å². The van der Waals surface area contributed by atoms with Crippen molar-refractivity contribution < 1.29 is 4.74 Å². The molecule has 0 spiro atoms. The van der Waals surface area contributed by atoms with Crippen LogP contribution in [0.15, 0.2) is 54.6 Å². The molecule has 1 atom stereocenters. The Kier molecular flexibility index (Phi) is 4.14. The van der Waals surface area contributed by atoms with Crippen molar-refractivity contribution in [3.63, 3.8) is 0 Å². The maximum absolute atomic E-state index is 5.50. The van der Waals surface area contributed by atoms with Crippen LogP contribution in [0.4, 0.5) is 0 Å². The lowest BCUT2D eigenvalue weighted by Crippen LogP contribution is -2.39. The fourth-order valence-corrected chi connectivity index (χ4v) is 2.83. The minimum absolute atomic E-state index is 0.334. The lowest BCUT2D eigenvalue weighted by atomic mass is 9.96. The Morgan fingerprint density at radius 1 is 0.850 bits per heavy atom. The Morgan fingerprint density at radius 3 is 2.10 bits per heavy atom. The van der Waals surface area contributed by atoms with Crippen molar-refractivity contribution in [3.05, 3.63) is 71.3 Å². The van der Waals surface area contributed by atoms with Gasteiger partial charge in [-0.3, -0.25) is 4.90 Å². The number of morpholine rings is 1. The maximum Gasteiger partial charge on any atom is 0.0603 e. The molecule has 3 rings (SSSR count). The number of hydrogen-bond donors (Lipinski definition) is 0. The van der Waals surface area contributed by atoms with Crippen LogP contribution < -0.4 is 0 Å². The fourth-order valence-electron chi connectivity index (χ4n) is 2.83. The first kappa shape index (κ1) is 13.3. The van der Waals surface area contributed by atoms with Gasteiger partial charge in [0.2, 0.25) is 0 Å². The van der Waals surface area contributed by atoms with Crippen molar-refractivity contribution in [2.45, 2.75) is 13.0 Å². The van der Waals surface area contributed by atoms with Gasteiger partial charge in [0.1, 0.15) is 0 Å². The highest BCUT2D eigenvalue weighted by molar-refractivity contribution is 5.33. The van der Waals surface area contributed by atoms with Crippen LogP contribution in [0.1, 0.15) is 22.7 Å². The van der Waals surface area contributed by atoms with E-state index in [1.54, 1.807) is 0 Å². The van der Waals surface area contributed by atoms with E-state index >= 15 is 0 Å². The zero-order chi connectivity index (χ0) is 13.8. The number of nitrogens with zero attached hydrogens (tertiary/aromatic N) is 1. The van der Waals surface area contributed by atoms with E-state index in [0.717, 1.165) is 26.3 Å². The summed E-state index contributed by atoms with van der Waals surface area (Å²) in [4.78, 5) is 2.52. The van der Waals surface area contributed by atoms with Crippen molar-refractivity contribution >= 4 is 0 Å². The van der Waals surface area contributed by atoms with E-state index in [-0.39, 0.29) is 0 Å². The first-order valence-electron chi connectivity index (χ1n) is 7.28. The number of ether oxygens (including phenoxy) is 1. The molecule has 2 heteroatoms. The molecular formula is C18H21NO. The minimum atomic E-state index is 0.334. The van der Waals surface area contributed by atoms with Gasteiger partial charge in [-0.2, -0.15) is 0 Å². The van der Waals surface area contributed by atoms with Crippen molar-refractivity contribution in [1.29, 1.82) is 0 Å². The van der Waals surface area contributed by atoms with Gasteiger partial charge in [0.05, 0.1) is 19.3 Å². The summed E-state index contributed by atoms with van der Waals surface area (Å²) in [6.45, 7) is 5.78. The SMILES string of the molecule is Cc1ccc([C@@H](c2ccccc2)N2CCOCC2)cc1. The number of rotatable bonds is 3. The number of aryl methyl sites for hydroxylation is 1. The van der Waals surface area contributed by atoms with Gasteiger partial charge in [-0.15, -0.1) is 0 Å². The Labute approximate surface area is 121 Å². The second-order valence-electron chi connectivity index (χ2n) is 5.37. The molecule has 2 aromatic rings. The lowest BCUT2D eigenvalue weighted by molar-refractivity contribution is 0.0239. The van der Waals surface area contributed by atoms with E-state index in [4.69, 9.17) is 4.74 Å². The van der Waals surface area contributed by atoms with E-state index in [2.05, 4.69) is 66.4 Å². The summed E-state index contributed by atoms with van der Waals surface area (Å²) in [6, 6.07) is 20.0. The van der Waals surface area contributed by atoms with E-state index < -0.39 is 0 Å². The smallest absolute Gasteiger partial charge is 0.0603 e. The minimum Gasteiger partial charge on any atom is -0.379 e. The summed E-state index contributed by atoms with van der Waals surface area (Å²) in [5.74, 6) is 0. The summed E-state index contributed by atoms with van der Waals surface area (Å²) in [7, 11) is 0. The molecule has 104 valence electrons. The van der Waals surface area contributed by atoms with Crippen LogP contribution in [-0.2, 0) is 4.74 Å². The molecule has 0 saturated carbocycles. The molecular weight excluding hydrogens is 246 g/mol. The summed E-state index contributed by atoms with van der Waals surface area (Å²) in [6.07, 6.45) is 0. The largest absolute Gasteiger partial charge is 0.379 e. The van der Waals surface area contributed by atoms with E-state index in [1.807, 2.05) is 0 Å². The monoisotopic (exact) mass is 267 g/mol. The molecule has 1 aliphatic rings. The van der Waals surface area contributed by atoms with Gasteiger partial charge < -0.3 is 4.74 Å². The molecule has 0 N–H and O–H groups in total. The van der Waals surface area contributed by atoms with Crippen LogP contribution >= 0.6 is 0 Å². The maximum atomic E-state index is 5.50. The van der Waals surface area contributed by atoms with Gasteiger partial charge in [-0.25, -0.2) is 0 Å². The summed E-state index contributed by atoms with van der Waals surface area (Å²) >= 11 is 0. The Balaban J connectivity index is 1.96. The molecule has 0 bridgehead atoms. The van der Waals surface area contributed by atoms with Crippen LogP contribution in [0, 0.1) is 6.92 Å². The number of benzene rings is 2. The van der Waals surface area contributed by atoms with Crippen molar-refractivity contribution in [3.8, 4) is 0 Å². The second kappa shape index (κ2) is 6.21. The van der Waals surface area contributed by atoms with E-state index in [0.29, 0.717) is 6.04 Å². The molecule has 0 radical (unpaired) electrons. The topological polar surface area (TPSA) is 12.5 Å². The molecule has 1 aliphatic heterocycles. The van der Waals surface area contributed by atoms with Gasteiger partial charge in [0, 0.05) is 13.1 Å². The van der Waals surface area contributed by atoms with Crippen LogP contribution in [0.25, 0.3) is 0 Å². The third kappa shape index (κ3) is 2.92. The molecule has 0 aliphatic carbocycles. The van der Waals surface area contributed by atoms with Gasteiger partial charge in [0.25, 0.3) is 0 Å². The Hall–Kier alpha value is -1.64. The molecule has 2 aromatic carbocycles. The quantitative estimate of drug-likeness (QED) is 0.845. The highest BCUT2D eigenvalue weighted by Gasteiger charge is 2.23. The van der Waals surface area contributed by atoms with Crippen LogP contribution in [0.2, 0.25) is 0 Å². The highest BCUT2D eigenvalue weighted by atomic mass is 16.5. The number of hydrogen-bond acceptors (Lipinski definition) is 2. The highest BCUT2D eigenvalue weighted by Crippen LogP contribution is 2.29. The van der Waals surface area contributed by atoms with Gasteiger partial charge in [0.15, 0.2) is 0 Å². The van der Waals surface area contributed by atoms with E-state index in [1.165, 1.54) is 16.7 Å². The molecule has 1 fully saturated rings. The third-order valence-electron chi connectivity index (χ3n) is 3.92. The Morgan fingerprint density at radius 2 is 1.45 bits per heavy atom. The van der Waals surface area contributed by atoms with Crippen molar-refractivity contribution in [2.24, 2.45) is 0 Å². The predicted octanol–water partition coefficient (Wildman–Crippen LogP) is 3.42. The molecule has 0 aromatic heterocycles. The zero-order valence-electron chi connectivity index (χ0n) is 12.0. The normalized spacial score (nSPS) is 17.9. The van der Waals surface area contributed by atoms with Crippen LogP contribution in [-0.4, -0.2) is 31.2 Å². The lowest BCUT2D eigenvalue weighted by Gasteiger charge is -2.35. The molecule has 0 unspecified atom stereocenters. The van der Waals surface area contributed by atoms with Crippen molar-refractivity contribution in [2.75, 3.05) is 26.3 Å². The average molecular weight is 267 g/mol. The first-order chi connectivity index (χ1) is 9.84. The first-order valence-corrected chi connectivity index (χ1v) is 7.28. The van der Waals surface area contributed by atoms with Crippen LogP contribution in [0.5, 0.6) is 0 Å². The van der Waals surface area contributed by atoms with E-state index in [9.17, 15) is 0 Å². The van der Waals surface area contributed by atoms with Crippen LogP contribution in [0.3, 0.4) is 0 Å². The fraction of sp³-hybridized carbons (Fsp3) is 0.333. The predicted molar refractivity (Wildman–Crippen MR) is 81.9 cm³/mol. The summed E-state index contributed by atoms with van der Waals surface area (Å²) < 4.78 is 5.50. The standard InChI is InChI=1S/C18H21NO/c1-15-7-9-17(10-8-15)18(16-5-3-2-4-6-16)19-11-13-20-14-12-19/h2-10,18H,11-14H2,1H3/t18-/m1/s1. The molecule has 20 heavy (non-hydrogen) atoms.